The van der Waals surface area contributed by atoms with E-state index in [2.05, 4.69) is 20.8 Å². The highest BCUT2D eigenvalue weighted by Gasteiger charge is 2.06. The molecule has 5 nitrogen and oxygen atoms in total. The van der Waals surface area contributed by atoms with Gasteiger partial charge in [0.25, 0.3) is 5.91 Å². The number of hydrogen-bond donors (Lipinski definition) is 2. The molecular formula is C22H18N4OS. The highest BCUT2D eigenvalue weighted by Crippen LogP contribution is 2.25. The van der Waals surface area contributed by atoms with Crippen molar-refractivity contribution >= 4 is 44.0 Å². The average molecular weight is 386 g/mol. The standard InChI is InChI=1S/C22H18N4OS/c1-15(25-26-22-24-19-9-5-6-10-20(19)28-22)16-11-13-18(14-12-16)23-21(27)17-7-3-2-4-8-17/h2-14H,1H3,(H,23,27)(H,24,26)/b25-15+. The Labute approximate surface area is 166 Å². The number of nitrogens with zero attached hydrogens (tertiary/aromatic N) is 2. The summed E-state index contributed by atoms with van der Waals surface area (Å²) < 4.78 is 1.12. The van der Waals surface area contributed by atoms with Crippen molar-refractivity contribution in [2.24, 2.45) is 5.10 Å². The highest BCUT2D eigenvalue weighted by molar-refractivity contribution is 7.22. The number of carbonyl (C=O) groups excluding carboxylic acids is 1. The number of nitrogens with one attached hydrogen (secondary N) is 2. The van der Waals surface area contributed by atoms with Crippen LogP contribution in [0.1, 0.15) is 22.8 Å². The van der Waals surface area contributed by atoms with Crippen LogP contribution < -0.4 is 10.7 Å². The molecule has 4 rings (SSSR count). The predicted octanol–water partition coefficient (Wildman–Crippen LogP) is 5.38. The van der Waals surface area contributed by atoms with E-state index in [1.807, 2.05) is 73.7 Å². The van der Waals surface area contributed by atoms with Crippen LogP contribution >= 0.6 is 11.3 Å². The van der Waals surface area contributed by atoms with Gasteiger partial charge in [-0.3, -0.25) is 10.2 Å². The maximum Gasteiger partial charge on any atom is 0.255 e. The molecule has 28 heavy (non-hydrogen) atoms. The minimum atomic E-state index is -0.128. The Bertz CT molecular complexity index is 1100. The molecule has 0 unspecified atom stereocenters. The Kier molecular flexibility index (Phi) is 5.12. The number of anilines is 2. The second-order valence-corrected chi connectivity index (χ2v) is 7.22. The second kappa shape index (κ2) is 8.02. The first kappa shape index (κ1) is 17.9. The monoisotopic (exact) mass is 386 g/mol. The van der Waals surface area contributed by atoms with E-state index in [0.717, 1.165) is 32.3 Å². The summed E-state index contributed by atoms with van der Waals surface area (Å²) in [4.78, 5) is 16.7. The lowest BCUT2D eigenvalue weighted by molar-refractivity contribution is 0.102. The lowest BCUT2D eigenvalue weighted by atomic mass is 10.1. The van der Waals surface area contributed by atoms with Crippen molar-refractivity contribution in [3.8, 4) is 0 Å². The van der Waals surface area contributed by atoms with Crippen LogP contribution in [0.25, 0.3) is 10.2 Å². The van der Waals surface area contributed by atoms with E-state index in [1.165, 1.54) is 0 Å². The van der Waals surface area contributed by atoms with Crippen molar-refractivity contribution < 1.29 is 4.79 Å². The molecule has 0 fully saturated rings. The number of hydrogen-bond acceptors (Lipinski definition) is 5. The Morgan fingerprint density at radius 1 is 0.893 bits per heavy atom. The molecule has 0 saturated heterocycles. The molecule has 0 radical (unpaired) electrons. The number of carbonyl (C=O) groups is 1. The molecule has 1 amide bonds. The fourth-order valence-electron chi connectivity index (χ4n) is 2.70. The summed E-state index contributed by atoms with van der Waals surface area (Å²) in [6.45, 7) is 1.93. The summed E-state index contributed by atoms with van der Waals surface area (Å²) >= 11 is 1.56. The summed E-state index contributed by atoms with van der Waals surface area (Å²) in [7, 11) is 0. The van der Waals surface area contributed by atoms with Crippen LogP contribution in [0.3, 0.4) is 0 Å². The molecular weight excluding hydrogens is 368 g/mol. The van der Waals surface area contributed by atoms with E-state index < -0.39 is 0 Å². The van der Waals surface area contributed by atoms with Gasteiger partial charge in [0, 0.05) is 11.3 Å². The van der Waals surface area contributed by atoms with E-state index in [0.29, 0.717) is 5.56 Å². The Hall–Kier alpha value is -3.51. The van der Waals surface area contributed by atoms with E-state index >= 15 is 0 Å². The first-order valence-electron chi connectivity index (χ1n) is 8.82. The molecule has 3 aromatic carbocycles. The van der Waals surface area contributed by atoms with Crippen molar-refractivity contribution in [3.63, 3.8) is 0 Å². The molecule has 138 valence electrons. The van der Waals surface area contributed by atoms with Crippen LogP contribution in [-0.2, 0) is 0 Å². The summed E-state index contributed by atoms with van der Waals surface area (Å²) in [5.41, 5.74) is 7.15. The molecule has 1 aromatic heterocycles. The van der Waals surface area contributed by atoms with Gasteiger partial charge in [0.2, 0.25) is 5.13 Å². The number of hydrazone groups is 1. The van der Waals surface area contributed by atoms with Gasteiger partial charge in [0.1, 0.15) is 0 Å². The smallest absolute Gasteiger partial charge is 0.255 e. The Morgan fingerprint density at radius 3 is 2.36 bits per heavy atom. The third-order valence-corrected chi connectivity index (χ3v) is 5.15. The number of rotatable bonds is 5. The van der Waals surface area contributed by atoms with Crippen molar-refractivity contribution in [2.45, 2.75) is 6.92 Å². The van der Waals surface area contributed by atoms with Crippen molar-refractivity contribution in [1.29, 1.82) is 0 Å². The zero-order chi connectivity index (χ0) is 19.3. The molecule has 1 heterocycles. The third kappa shape index (κ3) is 4.07. The number of benzene rings is 3. The van der Waals surface area contributed by atoms with Gasteiger partial charge < -0.3 is 5.32 Å². The van der Waals surface area contributed by atoms with E-state index in [9.17, 15) is 4.79 Å². The number of amides is 1. The summed E-state index contributed by atoms with van der Waals surface area (Å²) in [5, 5.41) is 8.08. The van der Waals surface area contributed by atoms with E-state index in [1.54, 1.807) is 23.5 Å². The molecule has 4 aromatic rings. The fourth-order valence-corrected chi connectivity index (χ4v) is 3.51. The highest BCUT2D eigenvalue weighted by atomic mass is 32.1. The largest absolute Gasteiger partial charge is 0.322 e. The number of aromatic nitrogens is 1. The molecule has 0 aliphatic rings. The molecule has 0 saturated carbocycles. The quantitative estimate of drug-likeness (QED) is 0.357. The van der Waals surface area contributed by atoms with Gasteiger partial charge in [-0.1, -0.05) is 53.8 Å². The van der Waals surface area contributed by atoms with Gasteiger partial charge in [-0.25, -0.2) is 4.98 Å². The third-order valence-electron chi connectivity index (χ3n) is 4.21. The molecule has 0 atom stereocenters. The molecule has 0 aliphatic carbocycles. The maximum atomic E-state index is 12.2. The Morgan fingerprint density at radius 2 is 1.61 bits per heavy atom. The van der Waals surface area contributed by atoms with Gasteiger partial charge in [-0.15, -0.1) is 0 Å². The van der Waals surface area contributed by atoms with Crippen LogP contribution in [-0.4, -0.2) is 16.6 Å². The average Bonchev–Trinajstić information content (AvgIpc) is 3.16. The van der Waals surface area contributed by atoms with Gasteiger partial charge in [-0.05, 0) is 48.9 Å². The van der Waals surface area contributed by atoms with E-state index in [4.69, 9.17) is 0 Å². The molecule has 0 spiro atoms. The molecule has 0 aliphatic heterocycles. The number of thiazole rings is 1. The van der Waals surface area contributed by atoms with Crippen molar-refractivity contribution in [1.82, 2.24) is 4.98 Å². The SMILES string of the molecule is C/C(=N\Nc1nc2ccccc2s1)c1ccc(NC(=O)c2ccccc2)cc1. The normalized spacial score (nSPS) is 11.4. The van der Waals surface area contributed by atoms with Gasteiger partial charge in [-0.2, -0.15) is 5.10 Å². The zero-order valence-electron chi connectivity index (χ0n) is 15.2. The summed E-state index contributed by atoms with van der Waals surface area (Å²) in [6, 6.07) is 24.7. The molecule has 6 heteroatoms. The van der Waals surface area contributed by atoms with Crippen LogP contribution in [0.5, 0.6) is 0 Å². The van der Waals surface area contributed by atoms with Crippen LogP contribution in [0, 0.1) is 0 Å². The lowest BCUT2D eigenvalue weighted by Crippen LogP contribution is -2.11. The molecule has 0 bridgehead atoms. The first-order valence-corrected chi connectivity index (χ1v) is 9.63. The van der Waals surface area contributed by atoms with Crippen molar-refractivity contribution in [3.05, 3.63) is 90.0 Å². The number of fused-ring (bicyclic) bond motifs is 1. The van der Waals surface area contributed by atoms with Crippen LogP contribution in [0.2, 0.25) is 0 Å². The molecule has 2 N–H and O–H groups in total. The minimum absolute atomic E-state index is 0.128. The fraction of sp³-hybridized carbons (Fsp3) is 0.0455. The van der Waals surface area contributed by atoms with E-state index in [-0.39, 0.29) is 5.91 Å². The topological polar surface area (TPSA) is 66.4 Å². The Balaban J connectivity index is 1.42. The maximum absolute atomic E-state index is 12.2. The minimum Gasteiger partial charge on any atom is -0.322 e. The van der Waals surface area contributed by atoms with Gasteiger partial charge >= 0.3 is 0 Å². The van der Waals surface area contributed by atoms with Crippen LogP contribution in [0.15, 0.2) is 84.0 Å². The summed E-state index contributed by atoms with van der Waals surface area (Å²) in [5.74, 6) is -0.128. The van der Waals surface area contributed by atoms with Gasteiger partial charge in [0.05, 0.1) is 15.9 Å². The second-order valence-electron chi connectivity index (χ2n) is 6.19. The summed E-state index contributed by atoms with van der Waals surface area (Å²) in [6.07, 6.45) is 0. The van der Waals surface area contributed by atoms with Crippen LogP contribution in [0.4, 0.5) is 10.8 Å². The van der Waals surface area contributed by atoms with Gasteiger partial charge in [0.15, 0.2) is 0 Å². The number of para-hydroxylation sites is 1. The zero-order valence-corrected chi connectivity index (χ0v) is 16.0. The lowest BCUT2D eigenvalue weighted by Gasteiger charge is -2.07. The van der Waals surface area contributed by atoms with Crippen molar-refractivity contribution in [2.75, 3.05) is 10.7 Å². The first-order chi connectivity index (χ1) is 13.7. The predicted molar refractivity (Wildman–Crippen MR) is 116 cm³/mol.